The Kier molecular flexibility index (Phi) is 3.17. The SMILES string of the molecule is CC(Cl)C(=O)c1cc(O)cc(Cl)c1. The fourth-order valence-electron chi connectivity index (χ4n) is 0.946. The Labute approximate surface area is 86.1 Å². The number of carbonyl (C=O) groups is 1. The van der Waals surface area contributed by atoms with Crippen LogP contribution < -0.4 is 0 Å². The Hall–Kier alpha value is -0.730. The Morgan fingerprint density at radius 3 is 2.54 bits per heavy atom. The van der Waals surface area contributed by atoms with Crippen LogP contribution in [0.3, 0.4) is 0 Å². The Bertz CT molecular complexity index is 314. The zero-order valence-corrected chi connectivity index (χ0v) is 8.43. The number of aromatic hydroxyl groups is 1. The highest BCUT2D eigenvalue weighted by Crippen LogP contribution is 2.21. The molecule has 2 nitrogen and oxygen atoms in total. The maximum absolute atomic E-state index is 11.3. The van der Waals surface area contributed by atoms with E-state index in [9.17, 15) is 4.79 Å². The van der Waals surface area contributed by atoms with Gasteiger partial charge in [0.15, 0.2) is 5.78 Å². The lowest BCUT2D eigenvalue weighted by molar-refractivity contribution is 0.0991. The van der Waals surface area contributed by atoms with E-state index in [-0.39, 0.29) is 11.5 Å². The number of ketones is 1. The smallest absolute Gasteiger partial charge is 0.180 e. The molecule has 13 heavy (non-hydrogen) atoms. The highest BCUT2D eigenvalue weighted by molar-refractivity contribution is 6.34. The fourth-order valence-corrected chi connectivity index (χ4v) is 1.30. The second kappa shape index (κ2) is 3.99. The number of rotatable bonds is 2. The van der Waals surface area contributed by atoms with E-state index in [4.69, 9.17) is 28.3 Å². The van der Waals surface area contributed by atoms with Crippen molar-refractivity contribution in [2.24, 2.45) is 0 Å². The summed E-state index contributed by atoms with van der Waals surface area (Å²) in [7, 11) is 0. The van der Waals surface area contributed by atoms with Gasteiger partial charge in [-0.05, 0) is 25.1 Å². The summed E-state index contributed by atoms with van der Waals surface area (Å²) in [6.45, 7) is 1.57. The van der Waals surface area contributed by atoms with E-state index >= 15 is 0 Å². The first-order valence-electron chi connectivity index (χ1n) is 3.68. The standard InChI is InChI=1S/C9H8Cl2O2/c1-5(10)9(13)6-2-7(11)4-8(12)3-6/h2-5,12H,1H3. The van der Waals surface area contributed by atoms with Crippen molar-refractivity contribution in [1.82, 2.24) is 0 Å². The number of benzene rings is 1. The summed E-state index contributed by atoms with van der Waals surface area (Å²) in [6, 6.07) is 4.17. The van der Waals surface area contributed by atoms with Gasteiger partial charge in [0.1, 0.15) is 5.75 Å². The average molecular weight is 219 g/mol. The molecule has 0 spiro atoms. The quantitative estimate of drug-likeness (QED) is 0.613. The first-order chi connectivity index (χ1) is 6.00. The second-order valence-electron chi connectivity index (χ2n) is 2.68. The zero-order valence-electron chi connectivity index (χ0n) is 6.92. The molecule has 0 aliphatic heterocycles. The van der Waals surface area contributed by atoms with Gasteiger partial charge in [0.2, 0.25) is 0 Å². The molecule has 0 fully saturated rings. The summed E-state index contributed by atoms with van der Waals surface area (Å²) in [4.78, 5) is 11.3. The van der Waals surface area contributed by atoms with E-state index in [0.717, 1.165) is 0 Å². The summed E-state index contributed by atoms with van der Waals surface area (Å²) in [6.07, 6.45) is 0. The van der Waals surface area contributed by atoms with E-state index < -0.39 is 5.38 Å². The van der Waals surface area contributed by atoms with Gasteiger partial charge in [0, 0.05) is 10.6 Å². The molecule has 70 valence electrons. The number of alkyl halides is 1. The van der Waals surface area contributed by atoms with E-state index in [1.165, 1.54) is 18.2 Å². The molecule has 0 heterocycles. The van der Waals surface area contributed by atoms with Crippen molar-refractivity contribution in [3.63, 3.8) is 0 Å². The molecule has 0 saturated heterocycles. The summed E-state index contributed by atoms with van der Waals surface area (Å²) in [5.74, 6) is -0.285. The third-order valence-electron chi connectivity index (χ3n) is 1.53. The summed E-state index contributed by atoms with van der Waals surface area (Å²) in [5.41, 5.74) is 0.326. The molecule has 0 radical (unpaired) electrons. The molecule has 0 amide bonds. The summed E-state index contributed by atoms with van der Waals surface area (Å²) in [5, 5.41) is 8.85. The predicted octanol–water partition coefficient (Wildman–Crippen LogP) is 2.86. The van der Waals surface area contributed by atoms with Crippen LogP contribution in [0.4, 0.5) is 0 Å². The molecule has 1 rings (SSSR count). The van der Waals surface area contributed by atoms with E-state index in [0.29, 0.717) is 10.6 Å². The molecular weight excluding hydrogens is 211 g/mol. The van der Waals surface area contributed by atoms with E-state index in [2.05, 4.69) is 0 Å². The third kappa shape index (κ3) is 2.61. The molecule has 1 N–H and O–H groups in total. The van der Waals surface area contributed by atoms with E-state index in [1.807, 2.05) is 0 Å². The number of hydrogen-bond donors (Lipinski definition) is 1. The van der Waals surface area contributed by atoms with Crippen molar-refractivity contribution in [3.8, 4) is 5.75 Å². The van der Waals surface area contributed by atoms with Gasteiger partial charge >= 0.3 is 0 Å². The molecule has 0 aliphatic rings. The molecule has 1 aromatic rings. The average Bonchev–Trinajstić information content (AvgIpc) is 2.01. The second-order valence-corrected chi connectivity index (χ2v) is 3.77. The number of phenols is 1. The Morgan fingerprint density at radius 1 is 1.46 bits per heavy atom. The molecule has 1 atom stereocenters. The Balaban J connectivity index is 3.08. The van der Waals surface area contributed by atoms with Crippen LogP contribution in [0.25, 0.3) is 0 Å². The number of halogens is 2. The lowest BCUT2D eigenvalue weighted by Gasteiger charge is -2.03. The van der Waals surface area contributed by atoms with Crippen LogP contribution in [0.1, 0.15) is 17.3 Å². The first-order valence-corrected chi connectivity index (χ1v) is 4.50. The van der Waals surface area contributed by atoms with Gasteiger partial charge in [-0.15, -0.1) is 11.6 Å². The molecule has 1 aromatic carbocycles. The number of carbonyl (C=O) groups excluding carboxylic acids is 1. The largest absolute Gasteiger partial charge is 0.508 e. The van der Waals surface area contributed by atoms with Crippen LogP contribution in [0.5, 0.6) is 5.75 Å². The lowest BCUT2D eigenvalue weighted by Crippen LogP contribution is -2.10. The maximum Gasteiger partial charge on any atom is 0.180 e. The van der Waals surface area contributed by atoms with Crippen LogP contribution >= 0.6 is 23.2 Å². The number of hydrogen-bond acceptors (Lipinski definition) is 2. The van der Waals surface area contributed by atoms with E-state index in [1.54, 1.807) is 6.92 Å². The van der Waals surface area contributed by atoms with Gasteiger partial charge in [-0.2, -0.15) is 0 Å². The first kappa shape index (κ1) is 10.4. The van der Waals surface area contributed by atoms with Crippen molar-refractivity contribution >= 4 is 29.0 Å². The minimum absolute atomic E-state index is 0.0341. The molecule has 1 unspecified atom stereocenters. The monoisotopic (exact) mass is 218 g/mol. The minimum Gasteiger partial charge on any atom is -0.508 e. The topological polar surface area (TPSA) is 37.3 Å². The van der Waals surface area contributed by atoms with Crippen molar-refractivity contribution in [3.05, 3.63) is 28.8 Å². The van der Waals surface area contributed by atoms with Gasteiger partial charge in [-0.3, -0.25) is 4.79 Å². The predicted molar refractivity (Wildman–Crippen MR) is 52.8 cm³/mol. The van der Waals surface area contributed by atoms with Gasteiger partial charge in [-0.1, -0.05) is 11.6 Å². The molecular formula is C9H8Cl2O2. The summed E-state index contributed by atoms with van der Waals surface area (Å²) < 4.78 is 0. The molecule has 0 aliphatic carbocycles. The van der Waals surface area contributed by atoms with Crippen LogP contribution in [0.15, 0.2) is 18.2 Å². The highest BCUT2D eigenvalue weighted by atomic mass is 35.5. The van der Waals surface area contributed by atoms with Gasteiger partial charge in [-0.25, -0.2) is 0 Å². The number of Topliss-reactive ketones (excluding diaryl/α,β-unsaturated/α-hetero) is 1. The van der Waals surface area contributed by atoms with Crippen molar-refractivity contribution in [2.45, 2.75) is 12.3 Å². The molecule has 0 saturated carbocycles. The van der Waals surface area contributed by atoms with Crippen molar-refractivity contribution in [1.29, 1.82) is 0 Å². The Morgan fingerprint density at radius 2 is 2.08 bits per heavy atom. The van der Waals surface area contributed by atoms with Crippen LogP contribution in [-0.4, -0.2) is 16.3 Å². The lowest BCUT2D eigenvalue weighted by atomic mass is 10.1. The fraction of sp³-hybridized carbons (Fsp3) is 0.222. The van der Waals surface area contributed by atoms with Gasteiger partial charge in [0.05, 0.1) is 5.38 Å². The molecule has 0 bridgehead atoms. The van der Waals surface area contributed by atoms with Crippen molar-refractivity contribution in [2.75, 3.05) is 0 Å². The van der Waals surface area contributed by atoms with Crippen LogP contribution in [-0.2, 0) is 0 Å². The minimum atomic E-state index is -0.613. The maximum atomic E-state index is 11.3. The third-order valence-corrected chi connectivity index (χ3v) is 1.94. The van der Waals surface area contributed by atoms with Crippen molar-refractivity contribution < 1.29 is 9.90 Å². The number of phenolic OH excluding ortho intramolecular Hbond substituents is 1. The summed E-state index contributed by atoms with van der Waals surface area (Å²) >= 11 is 11.2. The van der Waals surface area contributed by atoms with Crippen LogP contribution in [0.2, 0.25) is 5.02 Å². The highest BCUT2D eigenvalue weighted by Gasteiger charge is 2.13. The normalized spacial score (nSPS) is 12.5. The molecule has 0 aromatic heterocycles. The van der Waals surface area contributed by atoms with Gasteiger partial charge < -0.3 is 5.11 Å². The zero-order chi connectivity index (χ0) is 10.0. The van der Waals surface area contributed by atoms with Crippen LogP contribution in [0, 0.1) is 0 Å². The van der Waals surface area contributed by atoms with Gasteiger partial charge in [0.25, 0.3) is 0 Å². The molecule has 4 heteroatoms.